The highest BCUT2D eigenvalue weighted by atomic mass is 79.9. The second kappa shape index (κ2) is 9.77. The number of hydrazine groups is 1. The first-order valence-electron chi connectivity index (χ1n) is 9.95. The van der Waals surface area contributed by atoms with Gasteiger partial charge in [0.05, 0.1) is 22.7 Å². The molecule has 0 spiro atoms. The van der Waals surface area contributed by atoms with E-state index >= 15 is 0 Å². The number of anilines is 1. The minimum Gasteiger partial charge on any atom is -0.284 e. The van der Waals surface area contributed by atoms with Crippen LogP contribution in [-0.4, -0.2) is 47.7 Å². The van der Waals surface area contributed by atoms with Crippen molar-refractivity contribution in [3.05, 3.63) is 38.1 Å². The number of hydrogen-bond donors (Lipinski definition) is 1. The summed E-state index contributed by atoms with van der Waals surface area (Å²) in [6, 6.07) is 4.79. The third-order valence-electron chi connectivity index (χ3n) is 5.59. The Balaban J connectivity index is 1.65. The number of nitrogens with one attached hydrogen (secondary N) is 1. The smallest absolute Gasteiger partial charge is 0.282 e. The Morgan fingerprint density at radius 2 is 2.07 bits per heavy atom. The number of halogens is 4. The largest absolute Gasteiger partial charge is 0.284 e. The molecule has 0 bridgehead atoms. The number of rotatable bonds is 5. The van der Waals surface area contributed by atoms with Crippen molar-refractivity contribution in [2.45, 2.75) is 37.0 Å². The van der Waals surface area contributed by atoms with Crippen molar-refractivity contribution in [1.82, 2.24) is 10.4 Å². The number of amides is 1. The number of hydrogen-bond acceptors (Lipinski definition) is 5. The van der Waals surface area contributed by atoms with Gasteiger partial charge in [-0.25, -0.2) is 5.01 Å². The summed E-state index contributed by atoms with van der Waals surface area (Å²) in [4.78, 5) is 13.1. The fraction of sp³-hybridized carbons (Fsp3) is 0.500. The molecule has 1 saturated heterocycles. The molecule has 10 heteroatoms. The van der Waals surface area contributed by atoms with Crippen LogP contribution in [0, 0.1) is 5.92 Å². The number of alkyl halides is 1. The summed E-state index contributed by atoms with van der Waals surface area (Å²) < 4.78 is 15.4. The molecular formula is C20H22BrCl2FN4OS. The average molecular weight is 536 g/mol. The lowest BCUT2D eigenvalue weighted by molar-refractivity contribution is -0.120. The maximum absolute atomic E-state index is 14.3. The van der Waals surface area contributed by atoms with Crippen molar-refractivity contribution in [2.75, 3.05) is 24.8 Å². The molecule has 3 unspecified atom stereocenters. The van der Waals surface area contributed by atoms with Crippen LogP contribution in [0.5, 0.6) is 0 Å². The summed E-state index contributed by atoms with van der Waals surface area (Å²) in [6.45, 7) is 0.920. The zero-order valence-electron chi connectivity index (χ0n) is 16.2. The molecule has 3 atom stereocenters. The van der Waals surface area contributed by atoms with Gasteiger partial charge in [0.25, 0.3) is 5.91 Å². The van der Waals surface area contributed by atoms with E-state index in [2.05, 4.69) is 32.5 Å². The standard InChI is InChI=1S/C20H22BrCl2FN4OS/c21-17-7-6-16(30-17)19-13(11-24)18(20(29)26-27-8-2-1-3-9-27)25-28(19)15-5-4-12(22)10-14(15)23/h4-5,7,10,13,16,19H,1-3,6,8-9,11H2,(H,26,29). The molecule has 0 aromatic heterocycles. The van der Waals surface area contributed by atoms with Gasteiger partial charge in [0.15, 0.2) is 0 Å². The van der Waals surface area contributed by atoms with Crippen molar-refractivity contribution >= 4 is 68.2 Å². The van der Waals surface area contributed by atoms with Gasteiger partial charge in [0.2, 0.25) is 0 Å². The van der Waals surface area contributed by atoms with Crippen molar-refractivity contribution in [1.29, 1.82) is 0 Å². The van der Waals surface area contributed by atoms with Crippen molar-refractivity contribution < 1.29 is 9.18 Å². The van der Waals surface area contributed by atoms with Crippen molar-refractivity contribution in [2.24, 2.45) is 11.0 Å². The summed E-state index contributed by atoms with van der Waals surface area (Å²) >= 11 is 17.7. The molecule has 162 valence electrons. The van der Waals surface area contributed by atoms with Crippen LogP contribution in [0.15, 0.2) is 33.2 Å². The molecule has 0 aliphatic carbocycles. The maximum Gasteiger partial charge on any atom is 0.282 e. The lowest BCUT2D eigenvalue weighted by Crippen LogP contribution is -2.50. The second-order valence-electron chi connectivity index (χ2n) is 7.57. The Hall–Kier alpha value is -0.800. The monoisotopic (exact) mass is 534 g/mol. The SMILES string of the molecule is O=C(NN1CCCCC1)C1=NN(c2ccc(Cl)cc2Cl)C(C2CC=C(Br)S2)C1CF. The Bertz CT molecular complexity index is 880. The van der Waals surface area contributed by atoms with Gasteiger partial charge in [0.1, 0.15) is 12.4 Å². The first-order valence-corrected chi connectivity index (χ1v) is 12.4. The van der Waals surface area contributed by atoms with E-state index in [1.54, 1.807) is 35.0 Å². The van der Waals surface area contributed by atoms with Gasteiger partial charge >= 0.3 is 0 Å². The maximum atomic E-state index is 14.3. The van der Waals surface area contributed by atoms with E-state index in [1.165, 1.54) is 0 Å². The van der Waals surface area contributed by atoms with E-state index in [-0.39, 0.29) is 22.9 Å². The first kappa shape index (κ1) is 22.4. The van der Waals surface area contributed by atoms with Crippen molar-refractivity contribution in [3.63, 3.8) is 0 Å². The van der Waals surface area contributed by atoms with E-state index < -0.39 is 12.6 Å². The Labute approximate surface area is 198 Å². The molecule has 3 aliphatic heterocycles. The molecule has 1 fully saturated rings. The van der Waals surface area contributed by atoms with Crippen LogP contribution in [0.4, 0.5) is 10.1 Å². The Kier molecular flexibility index (Phi) is 7.30. The van der Waals surface area contributed by atoms with E-state index in [4.69, 9.17) is 23.2 Å². The Morgan fingerprint density at radius 3 is 2.70 bits per heavy atom. The minimum absolute atomic E-state index is 0.0379. The molecular weight excluding hydrogens is 514 g/mol. The summed E-state index contributed by atoms with van der Waals surface area (Å²) in [7, 11) is 0. The van der Waals surface area contributed by atoms with E-state index in [0.717, 1.165) is 42.6 Å². The third kappa shape index (κ3) is 4.67. The second-order valence-corrected chi connectivity index (χ2v) is 11.1. The average Bonchev–Trinajstić information content (AvgIpc) is 3.32. The molecule has 1 aromatic rings. The van der Waals surface area contributed by atoms with E-state index in [9.17, 15) is 9.18 Å². The zero-order valence-corrected chi connectivity index (χ0v) is 20.1. The number of thioether (sulfide) groups is 1. The number of carbonyl (C=O) groups excluding carboxylic acids is 1. The highest BCUT2D eigenvalue weighted by molar-refractivity contribution is 9.14. The van der Waals surface area contributed by atoms with Gasteiger partial charge < -0.3 is 0 Å². The van der Waals surface area contributed by atoms with Gasteiger partial charge in [-0.2, -0.15) is 5.10 Å². The normalized spacial score (nSPS) is 27.2. The number of piperidine rings is 1. The van der Waals surface area contributed by atoms with Crippen LogP contribution in [0.25, 0.3) is 0 Å². The van der Waals surface area contributed by atoms with Crippen molar-refractivity contribution in [3.8, 4) is 0 Å². The molecule has 0 saturated carbocycles. The van der Waals surface area contributed by atoms with Crippen LogP contribution in [0.3, 0.4) is 0 Å². The number of hydrazone groups is 1. The molecule has 4 rings (SSSR count). The van der Waals surface area contributed by atoms with Gasteiger partial charge in [-0.3, -0.25) is 19.6 Å². The van der Waals surface area contributed by atoms with Crippen LogP contribution in [0.2, 0.25) is 10.0 Å². The molecule has 1 amide bonds. The predicted octanol–water partition coefficient (Wildman–Crippen LogP) is 5.38. The zero-order chi connectivity index (χ0) is 21.3. The highest BCUT2D eigenvalue weighted by Gasteiger charge is 2.47. The number of carbonyl (C=O) groups is 1. The first-order chi connectivity index (χ1) is 14.5. The highest BCUT2D eigenvalue weighted by Crippen LogP contribution is 2.45. The number of benzene rings is 1. The van der Waals surface area contributed by atoms with E-state index in [1.807, 2.05) is 5.01 Å². The Morgan fingerprint density at radius 1 is 1.30 bits per heavy atom. The number of nitrogens with zero attached hydrogens (tertiary/aromatic N) is 3. The molecule has 0 radical (unpaired) electrons. The summed E-state index contributed by atoms with van der Waals surface area (Å²) in [5.41, 5.74) is 3.76. The summed E-state index contributed by atoms with van der Waals surface area (Å²) in [6.07, 6.45) is 6.05. The predicted molar refractivity (Wildman–Crippen MR) is 126 cm³/mol. The van der Waals surface area contributed by atoms with Crippen LogP contribution in [-0.2, 0) is 4.79 Å². The molecule has 1 aromatic carbocycles. The molecule has 3 heterocycles. The summed E-state index contributed by atoms with van der Waals surface area (Å²) in [5, 5.41) is 9.19. The van der Waals surface area contributed by atoms with Gasteiger partial charge in [0, 0.05) is 27.2 Å². The molecule has 5 nitrogen and oxygen atoms in total. The molecule has 3 aliphatic rings. The lowest BCUT2D eigenvalue weighted by Gasteiger charge is -2.32. The minimum atomic E-state index is -0.673. The van der Waals surface area contributed by atoms with Crippen LogP contribution < -0.4 is 10.4 Å². The van der Waals surface area contributed by atoms with Gasteiger partial charge in [-0.1, -0.05) is 35.7 Å². The summed E-state index contributed by atoms with van der Waals surface area (Å²) in [5.74, 6) is -0.988. The van der Waals surface area contributed by atoms with Crippen LogP contribution in [0.1, 0.15) is 25.7 Å². The van der Waals surface area contributed by atoms with E-state index in [0.29, 0.717) is 15.7 Å². The lowest BCUT2D eigenvalue weighted by atomic mass is 9.92. The molecule has 1 N–H and O–H groups in total. The quantitative estimate of drug-likeness (QED) is 0.549. The van der Waals surface area contributed by atoms with Gasteiger partial charge in [-0.05, 0) is 53.4 Å². The number of allylic oxidation sites excluding steroid dienone is 1. The van der Waals surface area contributed by atoms with Gasteiger partial charge in [-0.15, -0.1) is 11.8 Å². The molecule has 30 heavy (non-hydrogen) atoms. The third-order valence-corrected chi connectivity index (χ3v) is 8.18. The fourth-order valence-electron chi connectivity index (χ4n) is 4.13. The fourth-order valence-corrected chi connectivity index (χ4v) is 6.65. The topological polar surface area (TPSA) is 47.9 Å². The van der Waals surface area contributed by atoms with Crippen LogP contribution >= 0.6 is 50.9 Å².